The molecule has 90 valence electrons. The Hall–Kier alpha value is -2.30. The maximum absolute atomic E-state index is 11.2. The standard InChI is InChI=1S/C12H13NO4/c1-2-17-10-5-3-9(4-6-10)13-11(14)7-8-12(15)16/h3-8H,2H2,1H3,(H,13,14)(H,15,16)/p-1/b8-7+. The lowest BCUT2D eigenvalue weighted by Crippen LogP contribution is -2.20. The van der Waals surface area contributed by atoms with Gasteiger partial charge < -0.3 is 20.0 Å². The quantitative estimate of drug-likeness (QED) is 0.745. The van der Waals surface area contributed by atoms with E-state index >= 15 is 0 Å². The molecule has 0 bridgehead atoms. The van der Waals surface area contributed by atoms with Crippen LogP contribution in [-0.4, -0.2) is 18.5 Å². The van der Waals surface area contributed by atoms with Crippen LogP contribution in [0.2, 0.25) is 0 Å². The molecule has 0 radical (unpaired) electrons. The summed E-state index contributed by atoms with van der Waals surface area (Å²) in [5, 5.41) is 12.6. The Morgan fingerprint density at radius 1 is 1.29 bits per heavy atom. The van der Waals surface area contributed by atoms with Crippen LogP contribution in [0.15, 0.2) is 36.4 Å². The van der Waals surface area contributed by atoms with Crippen molar-refractivity contribution >= 4 is 17.6 Å². The van der Waals surface area contributed by atoms with Crippen LogP contribution in [-0.2, 0) is 9.59 Å². The van der Waals surface area contributed by atoms with E-state index in [2.05, 4.69) is 5.32 Å². The highest BCUT2D eigenvalue weighted by atomic mass is 16.5. The predicted molar refractivity (Wildman–Crippen MR) is 60.4 cm³/mol. The van der Waals surface area contributed by atoms with Crippen molar-refractivity contribution in [2.45, 2.75) is 6.92 Å². The van der Waals surface area contributed by atoms with Crippen molar-refractivity contribution in [2.75, 3.05) is 11.9 Å². The largest absolute Gasteiger partial charge is 0.545 e. The number of benzene rings is 1. The molecule has 0 atom stereocenters. The predicted octanol–water partition coefficient (Wildman–Crippen LogP) is 0.330. The molecule has 0 aliphatic heterocycles. The summed E-state index contributed by atoms with van der Waals surface area (Å²) in [6.07, 6.45) is 1.57. The van der Waals surface area contributed by atoms with Gasteiger partial charge in [0.25, 0.3) is 0 Å². The Kier molecular flexibility index (Phi) is 4.75. The molecule has 0 saturated heterocycles. The maximum Gasteiger partial charge on any atom is 0.248 e. The van der Waals surface area contributed by atoms with Gasteiger partial charge in [0.1, 0.15) is 5.75 Å². The van der Waals surface area contributed by atoms with Crippen molar-refractivity contribution < 1.29 is 19.4 Å². The number of anilines is 1. The van der Waals surface area contributed by atoms with Gasteiger partial charge in [0.15, 0.2) is 0 Å². The fourth-order valence-corrected chi connectivity index (χ4v) is 1.13. The number of carboxylic acid groups (broad SMARTS) is 1. The fraction of sp³-hybridized carbons (Fsp3) is 0.167. The van der Waals surface area contributed by atoms with Gasteiger partial charge in [0, 0.05) is 11.8 Å². The molecule has 0 unspecified atom stereocenters. The maximum atomic E-state index is 11.2. The van der Waals surface area contributed by atoms with Gasteiger partial charge in [-0.3, -0.25) is 4.79 Å². The molecule has 1 aromatic carbocycles. The summed E-state index contributed by atoms with van der Waals surface area (Å²) in [5.74, 6) is -1.24. The molecule has 1 N–H and O–H groups in total. The first-order valence-corrected chi connectivity index (χ1v) is 5.04. The number of hydrogen-bond donors (Lipinski definition) is 1. The number of carbonyl (C=O) groups is 2. The first-order valence-electron chi connectivity index (χ1n) is 5.04. The summed E-state index contributed by atoms with van der Waals surface area (Å²) in [5.41, 5.74) is 0.557. The molecule has 1 aromatic rings. The van der Waals surface area contributed by atoms with Crippen LogP contribution >= 0.6 is 0 Å². The number of rotatable bonds is 5. The third-order valence-corrected chi connectivity index (χ3v) is 1.80. The average Bonchev–Trinajstić information content (AvgIpc) is 2.29. The third-order valence-electron chi connectivity index (χ3n) is 1.80. The van der Waals surface area contributed by atoms with Crippen molar-refractivity contribution in [2.24, 2.45) is 0 Å². The van der Waals surface area contributed by atoms with Crippen molar-refractivity contribution in [1.29, 1.82) is 0 Å². The van der Waals surface area contributed by atoms with E-state index in [-0.39, 0.29) is 0 Å². The first-order chi connectivity index (χ1) is 8.11. The van der Waals surface area contributed by atoms with Gasteiger partial charge in [-0.2, -0.15) is 0 Å². The summed E-state index contributed by atoms with van der Waals surface area (Å²) in [7, 11) is 0. The minimum absolute atomic E-state index is 0.529. The van der Waals surface area contributed by atoms with Gasteiger partial charge in [0.2, 0.25) is 5.91 Å². The van der Waals surface area contributed by atoms with Crippen LogP contribution in [0.5, 0.6) is 5.75 Å². The Balaban J connectivity index is 2.57. The molecule has 0 aliphatic rings. The zero-order valence-electron chi connectivity index (χ0n) is 9.30. The van der Waals surface area contributed by atoms with Crippen LogP contribution in [0.3, 0.4) is 0 Å². The summed E-state index contributed by atoms with van der Waals surface area (Å²) in [6.45, 7) is 2.44. The molecule has 1 rings (SSSR count). The Morgan fingerprint density at radius 2 is 1.94 bits per heavy atom. The van der Waals surface area contributed by atoms with E-state index in [0.29, 0.717) is 24.1 Å². The van der Waals surface area contributed by atoms with Crippen molar-refractivity contribution in [3.05, 3.63) is 36.4 Å². The lowest BCUT2D eigenvalue weighted by Gasteiger charge is -2.05. The van der Waals surface area contributed by atoms with Crippen molar-refractivity contribution in [1.82, 2.24) is 0 Å². The Bertz CT molecular complexity index is 423. The molecular formula is C12H12NO4-. The lowest BCUT2D eigenvalue weighted by atomic mass is 10.3. The van der Waals surface area contributed by atoms with E-state index in [4.69, 9.17) is 4.74 Å². The second-order valence-electron chi connectivity index (χ2n) is 3.10. The van der Waals surface area contributed by atoms with Crippen LogP contribution in [0.4, 0.5) is 5.69 Å². The van der Waals surface area contributed by atoms with Gasteiger partial charge in [0.05, 0.1) is 12.6 Å². The third kappa shape index (κ3) is 4.83. The number of hydrogen-bond acceptors (Lipinski definition) is 4. The monoisotopic (exact) mass is 234 g/mol. The summed E-state index contributed by atoms with van der Waals surface area (Å²) < 4.78 is 5.23. The van der Waals surface area contributed by atoms with Gasteiger partial charge >= 0.3 is 0 Å². The second kappa shape index (κ2) is 6.32. The fourth-order valence-electron chi connectivity index (χ4n) is 1.13. The molecule has 0 aromatic heterocycles. The summed E-state index contributed by atoms with van der Waals surface area (Å²) in [6, 6.07) is 6.74. The number of carbonyl (C=O) groups excluding carboxylic acids is 2. The highest BCUT2D eigenvalue weighted by Gasteiger charge is 1.98. The minimum atomic E-state index is -1.41. The molecule has 5 nitrogen and oxygen atoms in total. The second-order valence-corrected chi connectivity index (χ2v) is 3.10. The normalized spacial score (nSPS) is 10.2. The molecule has 5 heteroatoms. The van der Waals surface area contributed by atoms with Crippen LogP contribution in [0, 0.1) is 0 Å². The Labute approximate surface area is 98.7 Å². The zero-order valence-corrected chi connectivity index (χ0v) is 9.30. The molecule has 0 aliphatic carbocycles. The van der Waals surface area contributed by atoms with E-state index in [1.54, 1.807) is 24.3 Å². The first kappa shape index (κ1) is 12.8. The highest BCUT2D eigenvalue weighted by molar-refractivity contribution is 6.02. The molecule has 0 spiro atoms. The van der Waals surface area contributed by atoms with E-state index in [1.807, 2.05) is 6.92 Å². The topological polar surface area (TPSA) is 78.5 Å². The smallest absolute Gasteiger partial charge is 0.248 e. The zero-order chi connectivity index (χ0) is 12.7. The minimum Gasteiger partial charge on any atom is -0.545 e. The van der Waals surface area contributed by atoms with Crippen LogP contribution in [0.25, 0.3) is 0 Å². The lowest BCUT2D eigenvalue weighted by molar-refractivity contribution is -0.297. The summed E-state index contributed by atoms with van der Waals surface area (Å²) in [4.78, 5) is 21.3. The summed E-state index contributed by atoms with van der Waals surface area (Å²) >= 11 is 0. The number of amides is 1. The molecule has 0 fully saturated rings. The molecular weight excluding hydrogens is 222 g/mol. The van der Waals surface area contributed by atoms with Crippen molar-refractivity contribution in [3.63, 3.8) is 0 Å². The highest BCUT2D eigenvalue weighted by Crippen LogP contribution is 2.15. The van der Waals surface area contributed by atoms with Crippen LogP contribution < -0.4 is 15.2 Å². The van der Waals surface area contributed by atoms with E-state index < -0.39 is 11.9 Å². The van der Waals surface area contributed by atoms with Gasteiger partial charge in [-0.05, 0) is 37.3 Å². The van der Waals surface area contributed by atoms with Gasteiger partial charge in [-0.1, -0.05) is 0 Å². The molecule has 0 saturated carbocycles. The molecule has 0 heterocycles. The van der Waals surface area contributed by atoms with Crippen LogP contribution in [0.1, 0.15) is 6.92 Å². The van der Waals surface area contributed by atoms with Gasteiger partial charge in [-0.15, -0.1) is 0 Å². The van der Waals surface area contributed by atoms with Crippen molar-refractivity contribution in [3.8, 4) is 5.75 Å². The number of aliphatic carboxylic acids is 1. The van der Waals surface area contributed by atoms with E-state index in [0.717, 1.165) is 6.08 Å². The number of ether oxygens (including phenoxy) is 1. The number of carboxylic acids is 1. The van der Waals surface area contributed by atoms with E-state index in [9.17, 15) is 14.7 Å². The van der Waals surface area contributed by atoms with Gasteiger partial charge in [-0.25, -0.2) is 0 Å². The molecule has 17 heavy (non-hydrogen) atoms. The SMILES string of the molecule is CCOc1ccc(NC(=O)/C=C/C(=O)[O-])cc1. The average molecular weight is 234 g/mol. The number of nitrogens with one attached hydrogen (secondary N) is 1. The van der Waals surface area contributed by atoms with E-state index in [1.165, 1.54) is 0 Å². The Morgan fingerprint density at radius 3 is 2.47 bits per heavy atom. The molecule has 1 amide bonds.